The highest BCUT2D eigenvalue weighted by Gasteiger charge is 2.12. The van der Waals surface area contributed by atoms with Gasteiger partial charge in [-0.1, -0.05) is 0 Å². The third-order valence-corrected chi connectivity index (χ3v) is 4.26. The molecule has 0 unspecified atom stereocenters. The van der Waals surface area contributed by atoms with Crippen molar-refractivity contribution in [2.45, 2.75) is 26.8 Å². The van der Waals surface area contributed by atoms with E-state index in [1.165, 1.54) is 6.33 Å². The standard InChI is InChI=1S/C17H20N8O/c1-11-7-15-19-10-20-25(15)9-14(11)21-17-18-8-13-12(2)23-24(16(13)22-17)5-4-6-26-3/h7-10H,4-6H2,1-3H3,(H,18,21,22). The van der Waals surface area contributed by atoms with E-state index in [2.05, 4.69) is 30.5 Å². The second-order valence-electron chi connectivity index (χ2n) is 6.14. The molecule has 26 heavy (non-hydrogen) atoms. The number of nitrogens with one attached hydrogen (secondary N) is 1. The van der Waals surface area contributed by atoms with Crippen molar-refractivity contribution in [1.29, 1.82) is 0 Å². The van der Waals surface area contributed by atoms with E-state index < -0.39 is 0 Å². The third kappa shape index (κ3) is 2.97. The molecule has 0 saturated carbocycles. The van der Waals surface area contributed by atoms with E-state index in [9.17, 15) is 0 Å². The lowest BCUT2D eigenvalue weighted by molar-refractivity contribution is 0.189. The average Bonchev–Trinajstić information content (AvgIpc) is 3.20. The van der Waals surface area contributed by atoms with Gasteiger partial charge in [0.05, 0.1) is 23.0 Å². The molecule has 0 fully saturated rings. The number of fused-ring (bicyclic) bond motifs is 2. The second-order valence-corrected chi connectivity index (χ2v) is 6.14. The van der Waals surface area contributed by atoms with Gasteiger partial charge in [0.25, 0.3) is 0 Å². The summed E-state index contributed by atoms with van der Waals surface area (Å²) in [4.78, 5) is 13.3. The van der Waals surface area contributed by atoms with E-state index in [4.69, 9.17) is 4.74 Å². The van der Waals surface area contributed by atoms with Crippen LogP contribution in [-0.2, 0) is 11.3 Å². The van der Waals surface area contributed by atoms with Gasteiger partial charge in [0.15, 0.2) is 11.3 Å². The predicted molar refractivity (Wildman–Crippen MR) is 97.6 cm³/mol. The lowest BCUT2D eigenvalue weighted by Gasteiger charge is -2.09. The number of ether oxygens (including phenoxy) is 1. The fourth-order valence-corrected chi connectivity index (χ4v) is 2.89. The van der Waals surface area contributed by atoms with E-state index in [1.807, 2.05) is 37.0 Å². The number of rotatable bonds is 6. The van der Waals surface area contributed by atoms with Crippen LogP contribution >= 0.6 is 0 Å². The summed E-state index contributed by atoms with van der Waals surface area (Å²) in [6.45, 7) is 5.41. The first kappa shape index (κ1) is 16.4. The number of aromatic nitrogens is 7. The van der Waals surface area contributed by atoms with Crippen molar-refractivity contribution in [3.63, 3.8) is 0 Å². The minimum absolute atomic E-state index is 0.521. The van der Waals surface area contributed by atoms with Gasteiger partial charge >= 0.3 is 0 Å². The van der Waals surface area contributed by atoms with E-state index in [0.29, 0.717) is 12.6 Å². The minimum Gasteiger partial charge on any atom is -0.385 e. The second kappa shape index (κ2) is 6.68. The monoisotopic (exact) mass is 352 g/mol. The van der Waals surface area contributed by atoms with Gasteiger partial charge in [-0.2, -0.15) is 15.2 Å². The van der Waals surface area contributed by atoms with Crippen molar-refractivity contribution in [2.24, 2.45) is 0 Å². The normalized spacial score (nSPS) is 11.5. The van der Waals surface area contributed by atoms with Crippen LogP contribution in [0.15, 0.2) is 24.8 Å². The molecule has 0 aromatic carbocycles. The summed E-state index contributed by atoms with van der Waals surface area (Å²) in [5, 5.41) is 13.0. The summed E-state index contributed by atoms with van der Waals surface area (Å²) < 4.78 is 8.75. The van der Waals surface area contributed by atoms with Crippen LogP contribution in [0, 0.1) is 13.8 Å². The molecule has 0 bridgehead atoms. The Morgan fingerprint density at radius 2 is 2.12 bits per heavy atom. The zero-order chi connectivity index (χ0) is 18.1. The molecule has 4 rings (SSSR count). The molecule has 9 nitrogen and oxygen atoms in total. The van der Waals surface area contributed by atoms with Crippen molar-refractivity contribution >= 4 is 28.3 Å². The summed E-state index contributed by atoms with van der Waals surface area (Å²) >= 11 is 0. The quantitative estimate of drug-likeness (QED) is 0.532. The molecule has 0 atom stereocenters. The highest BCUT2D eigenvalue weighted by molar-refractivity contribution is 5.78. The number of nitrogens with zero attached hydrogens (tertiary/aromatic N) is 7. The van der Waals surface area contributed by atoms with Crippen LogP contribution in [0.25, 0.3) is 16.7 Å². The minimum atomic E-state index is 0.521. The van der Waals surface area contributed by atoms with Crippen LogP contribution in [0.2, 0.25) is 0 Å². The first-order valence-electron chi connectivity index (χ1n) is 8.42. The molecule has 0 aliphatic rings. The molecule has 4 aromatic rings. The maximum atomic E-state index is 5.13. The predicted octanol–water partition coefficient (Wildman–Crippen LogP) is 2.27. The van der Waals surface area contributed by atoms with Gasteiger partial charge in [-0.05, 0) is 31.9 Å². The van der Waals surface area contributed by atoms with E-state index >= 15 is 0 Å². The first-order chi connectivity index (χ1) is 12.7. The summed E-state index contributed by atoms with van der Waals surface area (Å²) in [6.07, 6.45) is 6.10. The van der Waals surface area contributed by atoms with Crippen LogP contribution in [0.4, 0.5) is 11.6 Å². The van der Waals surface area contributed by atoms with Gasteiger partial charge in [-0.25, -0.2) is 19.2 Å². The Hall–Kier alpha value is -3.07. The molecular formula is C17H20N8O. The van der Waals surface area contributed by atoms with E-state index in [1.54, 1.807) is 11.6 Å². The fourth-order valence-electron chi connectivity index (χ4n) is 2.89. The van der Waals surface area contributed by atoms with Gasteiger partial charge in [0, 0.05) is 26.5 Å². The van der Waals surface area contributed by atoms with Gasteiger partial charge in [0.1, 0.15) is 6.33 Å². The lowest BCUT2D eigenvalue weighted by atomic mass is 10.2. The van der Waals surface area contributed by atoms with Crippen LogP contribution in [0.1, 0.15) is 17.7 Å². The number of anilines is 2. The zero-order valence-electron chi connectivity index (χ0n) is 15.0. The summed E-state index contributed by atoms with van der Waals surface area (Å²) in [5.74, 6) is 0.521. The smallest absolute Gasteiger partial charge is 0.229 e. The molecule has 1 N–H and O–H groups in total. The Balaban J connectivity index is 1.67. The number of pyridine rings is 1. The summed E-state index contributed by atoms with van der Waals surface area (Å²) in [5.41, 5.74) is 4.46. The maximum absolute atomic E-state index is 5.13. The Morgan fingerprint density at radius 3 is 2.96 bits per heavy atom. The number of hydrogen-bond donors (Lipinski definition) is 1. The Morgan fingerprint density at radius 1 is 1.23 bits per heavy atom. The number of aryl methyl sites for hydroxylation is 3. The molecule has 134 valence electrons. The average molecular weight is 352 g/mol. The Bertz CT molecular complexity index is 1070. The van der Waals surface area contributed by atoms with Crippen LogP contribution in [0.5, 0.6) is 0 Å². The first-order valence-corrected chi connectivity index (χ1v) is 8.42. The number of hydrogen-bond acceptors (Lipinski definition) is 7. The SMILES string of the molecule is COCCCn1nc(C)c2cnc(Nc3cn4ncnc4cc3C)nc21. The van der Waals surface area contributed by atoms with Crippen molar-refractivity contribution in [2.75, 3.05) is 19.0 Å². The maximum Gasteiger partial charge on any atom is 0.229 e. The van der Waals surface area contributed by atoms with Crippen molar-refractivity contribution in [1.82, 2.24) is 34.3 Å². The Kier molecular flexibility index (Phi) is 4.21. The van der Waals surface area contributed by atoms with Crippen molar-refractivity contribution < 1.29 is 4.74 Å². The fraction of sp³-hybridized carbons (Fsp3) is 0.353. The van der Waals surface area contributed by atoms with Crippen molar-refractivity contribution in [3.8, 4) is 0 Å². The highest BCUT2D eigenvalue weighted by atomic mass is 16.5. The molecule has 0 radical (unpaired) electrons. The molecular weight excluding hydrogens is 332 g/mol. The van der Waals surface area contributed by atoms with E-state index in [-0.39, 0.29) is 0 Å². The molecule has 0 aliphatic carbocycles. The topological polar surface area (TPSA) is 95.0 Å². The summed E-state index contributed by atoms with van der Waals surface area (Å²) in [7, 11) is 1.70. The van der Waals surface area contributed by atoms with Crippen LogP contribution < -0.4 is 5.32 Å². The largest absolute Gasteiger partial charge is 0.385 e. The molecule has 0 amide bonds. The van der Waals surface area contributed by atoms with Gasteiger partial charge in [-0.15, -0.1) is 0 Å². The third-order valence-electron chi connectivity index (χ3n) is 4.26. The lowest BCUT2D eigenvalue weighted by Crippen LogP contribution is -2.06. The van der Waals surface area contributed by atoms with Gasteiger partial charge < -0.3 is 10.1 Å². The molecule has 4 aromatic heterocycles. The zero-order valence-corrected chi connectivity index (χ0v) is 15.0. The van der Waals surface area contributed by atoms with E-state index in [0.717, 1.165) is 46.6 Å². The van der Waals surface area contributed by atoms with Crippen LogP contribution in [0.3, 0.4) is 0 Å². The Labute approximate surface area is 150 Å². The van der Waals surface area contributed by atoms with Gasteiger partial charge in [-0.3, -0.25) is 0 Å². The molecule has 0 saturated heterocycles. The number of methoxy groups -OCH3 is 1. The van der Waals surface area contributed by atoms with Gasteiger partial charge in [0.2, 0.25) is 5.95 Å². The summed E-state index contributed by atoms with van der Waals surface area (Å²) in [6, 6.07) is 1.97. The molecule has 9 heteroatoms. The van der Waals surface area contributed by atoms with Crippen molar-refractivity contribution in [3.05, 3.63) is 36.0 Å². The molecule has 4 heterocycles. The van der Waals surface area contributed by atoms with Crippen LogP contribution in [-0.4, -0.2) is 48.1 Å². The molecule has 0 aliphatic heterocycles. The highest BCUT2D eigenvalue weighted by Crippen LogP contribution is 2.22. The molecule has 0 spiro atoms.